The van der Waals surface area contributed by atoms with Gasteiger partial charge in [0.15, 0.2) is 0 Å². The van der Waals surface area contributed by atoms with Gasteiger partial charge in [0, 0.05) is 42.8 Å². The fourth-order valence-electron chi connectivity index (χ4n) is 3.48. The van der Waals surface area contributed by atoms with Crippen LogP contribution in [0.3, 0.4) is 0 Å². The van der Waals surface area contributed by atoms with E-state index in [-0.39, 0.29) is 0 Å². The maximum Gasteiger partial charge on any atom is 0.225 e. The first-order valence-electron chi connectivity index (χ1n) is 9.93. The standard InChI is InChI=1S/C23H27N5/c1-17-5-7-19(8-6-17)16-24-23-25-18(2)15-22(27-23)26-20-9-11-21(12-10-20)28-13-3-4-14-28/h5-12,15H,3-4,13-14,16H2,1-2H3,(H2,24,25,26,27). The van der Waals surface area contributed by atoms with E-state index in [1.165, 1.54) is 29.7 Å². The van der Waals surface area contributed by atoms with E-state index in [1.807, 2.05) is 13.0 Å². The van der Waals surface area contributed by atoms with Crippen molar-refractivity contribution in [1.29, 1.82) is 0 Å². The molecule has 0 atom stereocenters. The van der Waals surface area contributed by atoms with E-state index in [0.717, 1.165) is 30.3 Å². The molecular weight excluding hydrogens is 346 g/mol. The molecule has 2 heterocycles. The minimum absolute atomic E-state index is 0.636. The Morgan fingerprint density at radius 3 is 2.32 bits per heavy atom. The predicted molar refractivity (Wildman–Crippen MR) is 116 cm³/mol. The summed E-state index contributed by atoms with van der Waals surface area (Å²) in [6.45, 7) is 7.10. The SMILES string of the molecule is Cc1ccc(CNc2nc(C)cc(Nc3ccc(N4CCCC4)cc3)n2)cc1. The molecule has 0 bridgehead atoms. The molecule has 0 spiro atoms. The zero-order valence-electron chi connectivity index (χ0n) is 16.6. The van der Waals surface area contributed by atoms with Gasteiger partial charge in [0.2, 0.25) is 5.95 Å². The maximum absolute atomic E-state index is 4.62. The molecule has 2 N–H and O–H groups in total. The first kappa shape index (κ1) is 18.3. The largest absolute Gasteiger partial charge is 0.372 e. The van der Waals surface area contributed by atoms with E-state index in [9.17, 15) is 0 Å². The lowest BCUT2D eigenvalue weighted by atomic mass is 10.1. The molecule has 0 amide bonds. The van der Waals surface area contributed by atoms with Crippen LogP contribution in [0.2, 0.25) is 0 Å². The Hall–Kier alpha value is -3.08. The van der Waals surface area contributed by atoms with Crippen LogP contribution in [0, 0.1) is 13.8 Å². The highest BCUT2D eigenvalue weighted by Crippen LogP contribution is 2.24. The van der Waals surface area contributed by atoms with Gasteiger partial charge in [-0.25, -0.2) is 4.98 Å². The average molecular weight is 374 g/mol. The third-order valence-corrected chi connectivity index (χ3v) is 5.04. The second-order valence-electron chi connectivity index (χ2n) is 7.42. The Morgan fingerprint density at radius 1 is 0.893 bits per heavy atom. The molecule has 4 rings (SSSR count). The lowest BCUT2D eigenvalue weighted by Gasteiger charge is -2.18. The minimum Gasteiger partial charge on any atom is -0.372 e. The van der Waals surface area contributed by atoms with Gasteiger partial charge in [-0.2, -0.15) is 4.98 Å². The van der Waals surface area contributed by atoms with E-state index in [0.29, 0.717) is 12.5 Å². The van der Waals surface area contributed by atoms with Crippen molar-refractivity contribution in [3.8, 4) is 0 Å². The quantitative estimate of drug-likeness (QED) is 0.633. The van der Waals surface area contributed by atoms with Crippen LogP contribution in [-0.2, 0) is 6.54 Å². The van der Waals surface area contributed by atoms with Crippen molar-refractivity contribution < 1.29 is 0 Å². The topological polar surface area (TPSA) is 53.1 Å². The first-order valence-corrected chi connectivity index (χ1v) is 9.93. The van der Waals surface area contributed by atoms with Crippen LogP contribution < -0.4 is 15.5 Å². The lowest BCUT2D eigenvalue weighted by Crippen LogP contribution is -2.17. The summed E-state index contributed by atoms with van der Waals surface area (Å²) in [5, 5.41) is 6.72. The summed E-state index contributed by atoms with van der Waals surface area (Å²) in [4.78, 5) is 11.6. The normalized spacial score (nSPS) is 13.6. The Labute approximate surface area is 166 Å². The van der Waals surface area contributed by atoms with Gasteiger partial charge in [-0.15, -0.1) is 0 Å². The average Bonchev–Trinajstić information content (AvgIpc) is 3.23. The molecule has 0 unspecified atom stereocenters. The summed E-state index contributed by atoms with van der Waals surface area (Å²) in [6.07, 6.45) is 2.58. The molecule has 1 aromatic heterocycles. The molecule has 3 aromatic rings. The van der Waals surface area contributed by atoms with Gasteiger partial charge in [0.1, 0.15) is 5.82 Å². The third-order valence-electron chi connectivity index (χ3n) is 5.04. The van der Waals surface area contributed by atoms with Crippen LogP contribution >= 0.6 is 0 Å². The van der Waals surface area contributed by atoms with Crippen LogP contribution in [0.4, 0.5) is 23.1 Å². The van der Waals surface area contributed by atoms with Crippen molar-refractivity contribution in [3.63, 3.8) is 0 Å². The van der Waals surface area contributed by atoms with E-state index >= 15 is 0 Å². The van der Waals surface area contributed by atoms with Gasteiger partial charge in [-0.1, -0.05) is 29.8 Å². The number of hydrogen-bond acceptors (Lipinski definition) is 5. The summed E-state index contributed by atoms with van der Waals surface area (Å²) in [5.41, 5.74) is 5.73. The molecule has 144 valence electrons. The van der Waals surface area contributed by atoms with E-state index < -0.39 is 0 Å². The van der Waals surface area contributed by atoms with Crippen molar-refractivity contribution in [3.05, 3.63) is 71.4 Å². The molecule has 1 fully saturated rings. The van der Waals surface area contributed by atoms with Crippen molar-refractivity contribution in [1.82, 2.24) is 9.97 Å². The highest BCUT2D eigenvalue weighted by Gasteiger charge is 2.12. The molecule has 1 aliphatic heterocycles. The smallest absolute Gasteiger partial charge is 0.225 e. The van der Waals surface area contributed by atoms with Crippen LogP contribution in [0.25, 0.3) is 0 Å². The highest BCUT2D eigenvalue weighted by molar-refractivity contribution is 5.61. The Morgan fingerprint density at radius 2 is 1.61 bits per heavy atom. The zero-order valence-corrected chi connectivity index (χ0v) is 16.6. The Balaban J connectivity index is 1.42. The van der Waals surface area contributed by atoms with Crippen molar-refractivity contribution >= 4 is 23.1 Å². The number of aromatic nitrogens is 2. The molecule has 1 saturated heterocycles. The molecule has 1 aliphatic rings. The van der Waals surface area contributed by atoms with Crippen molar-refractivity contribution in [2.75, 3.05) is 28.6 Å². The number of benzene rings is 2. The van der Waals surface area contributed by atoms with Gasteiger partial charge >= 0.3 is 0 Å². The van der Waals surface area contributed by atoms with Crippen molar-refractivity contribution in [2.45, 2.75) is 33.2 Å². The number of anilines is 4. The molecule has 2 aromatic carbocycles. The summed E-state index contributed by atoms with van der Waals surface area (Å²) >= 11 is 0. The fraction of sp³-hybridized carbons (Fsp3) is 0.304. The maximum atomic E-state index is 4.62. The van der Waals surface area contributed by atoms with Crippen LogP contribution in [0.15, 0.2) is 54.6 Å². The van der Waals surface area contributed by atoms with Gasteiger partial charge < -0.3 is 15.5 Å². The number of nitrogens with one attached hydrogen (secondary N) is 2. The van der Waals surface area contributed by atoms with E-state index in [2.05, 4.69) is 81.0 Å². The molecule has 28 heavy (non-hydrogen) atoms. The van der Waals surface area contributed by atoms with Crippen LogP contribution in [0.1, 0.15) is 29.7 Å². The van der Waals surface area contributed by atoms with Gasteiger partial charge in [-0.05, 0) is 56.5 Å². The lowest BCUT2D eigenvalue weighted by molar-refractivity contribution is 0.949. The van der Waals surface area contributed by atoms with E-state index in [1.54, 1.807) is 0 Å². The van der Waals surface area contributed by atoms with Gasteiger partial charge in [0.25, 0.3) is 0 Å². The number of nitrogens with zero attached hydrogens (tertiary/aromatic N) is 3. The van der Waals surface area contributed by atoms with E-state index in [4.69, 9.17) is 0 Å². The summed E-state index contributed by atoms with van der Waals surface area (Å²) < 4.78 is 0. The van der Waals surface area contributed by atoms with Gasteiger partial charge in [-0.3, -0.25) is 0 Å². The molecule has 0 saturated carbocycles. The number of rotatable bonds is 6. The molecule has 5 heteroatoms. The van der Waals surface area contributed by atoms with Crippen molar-refractivity contribution in [2.24, 2.45) is 0 Å². The van der Waals surface area contributed by atoms with Gasteiger partial charge in [0.05, 0.1) is 0 Å². The highest BCUT2D eigenvalue weighted by atomic mass is 15.2. The second-order valence-corrected chi connectivity index (χ2v) is 7.42. The minimum atomic E-state index is 0.636. The molecule has 5 nitrogen and oxygen atoms in total. The summed E-state index contributed by atoms with van der Waals surface area (Å²) in [5.74, 6) is 1.43. The van der Waals surface area contributed by atoms with Crippen LogP contribution in [0.5, 0.6) is 0 Å². The first-order chi connectivity index (χ1) is 13.7. The summed E-state index contributed by atoms with van der Waals surface area (Å²) in [6, 6.07) is 19.0. The van der Waals surface area contributed by atoms with Crippen LogP contribution in [-0.4, -0.2) is 23.1 Å². The fourth-order valence-corrected chi connectivity index (χ4v) is 3.48. The monoisotopic (exact) mass is 373 g/mol. The number of hydrogen-bond donors (Lipinski definition) is 2. The summed E-state index contributed by atoms with van der Waals surface area (Å²) in [7, 11) is 0. The Bertz CT molecular complexity index is 913. The predicted octanol–water partition coefficient (Wildman–Crippen LogP) is 5.05. The second kappa shape index (κ2) is 8.30. The number of aryl methyl sites for hydroxylation is 2. The zero-order chi connectivity index (χ0) is 19.3. The molecule has 0 radical (unpaired) electrons. The Kier molecular flexibility index (Phi) is 5.42. The molecular formula is C23H27N5. The third kappa shape index (κ3) is 4.60. The molecule has 0 aliphatic carbocycles.